The molecule has 0 unspecified atom stereocenters. The lowest BCUT2D eigenvalue weighted by atomic mass is 9.93. The zero-order valence-corrected chi connectivity index (χ0v) is 15.9. The van der Waals surface area contributed by atoms with Crippen LogP contribution in [0.4, 0.5) is 14.6 Å². The Morgan fingerprint density at radius 2 is 1.93 bits per heavy atom. The molecule has 1 amide bonds. The molecular weight excluding hydrogens is 390 g/mol. The van der Waals surface area contributed by atoms with Crippen molar-refractivity contribution in [3.05, 3.63) is 82.8 Å². The lowest BCUT2D eigenvalue weighted by Crippen LogP contribution is -2.42. The fourth-order valence-electron chi connectivity index (χ4n) is 3.20. The van der Waals surface area contributed by atoms with E-state index < -0.39 is 11.5 Å². The van der Waals surface area contributed by atoms with Crippen LogP contribution in [0, 0.1) is 17.1 Å². The highest BCUT2D eigenvalue weighted by molar-refractivity contribution is 5.91. The van der Waals surface area contributed by atoms with Crippen molar-refractivity contribution in [2.75, 3.05) is 18.5 Å². The molecule has 8 heteroatoms. The molecule has 152 valence electrons. The van der Waals surface area contributed by atoms with Crippen molar-refractivity contribution in [3.63, 3.8) is 0 Å². The highest BCUT2D eigenvalue weighted by Crippen LogP contribution is 2.33. The minimum Gasteiger partial charge on any atom is -0.374 e. The highest BCUT2D eigenvalue weighted by Gasteiger charge is 2.40. The van der Waals surface area contributed by atoms with Crippen molar-refractivity contribution < 1.29 is 18.3 Å². The molecule has 1 saturated heterocycles. The number of carbonyl (C=O) groups is 1. The summed E-state index contributed by atoms with van der Waals surface area (Å²) < 4.78 is 34.2. The van der Waals surface area contributed by atoms with Crippen molar-refractivity contribution in [2.45, 2.75) is 18.6 Å². The molecular formula is C22H18F2N4O2. The van der Waals surface area contributed by atoms with Gasteiger partial charge in [0.25, 0.3) is 0 Å². The van der Waals surface area contributed by atoms with Crippen molar-refractivity contribution in [1.29, 1.82) is 5.26 Å². The number of rotatable bonds is 6. The number of carbonyl (C=O) groups excluding carboxylic acids is 1. The van der Waals surface area contributed by atoms with E-state index in [1.165, 1.54) is 12.1 Å². The van der Waals surface area contributed by atoms with Gasteiger partial charge in [0.05, 0.1) is 31.7 Å². The Kier molecular flexibility index (Phi) is 5.29. The summed E-state index contributed by atoms with van der Waals surface area (Å²) in [6.45, 7) is 0.456. The standard InChI is InChI=1S/C22H18F2N4O2/c23-19-6-3-16(9-17(19)11-25)12-28-8-7-20(27-28)26-21(29)10-15-1-4-18(5-2-15)22(24)13-30-14-22/h1-9H,10,12-14H2,(H,26,27,29). The van der Waals surface area contributed by atoms with Crippen molar-refractivity contribution in [1.82, 2.24) is 9.78 Å². The Morgan fingerprint density at radius 3 is 2.60 bits per heavy atom. The summed E-state index contributed by atoms with van der Waals surface area (Å²) >= 11 is 0. The summed E-state index contributed by atoms with van der Waals surface area (Å²) in [5, 5.41) is 15.9. The molecule has 1 N–H and O–H groups in total. The van der Waals surface area contributed by atoms with Gasteiger partial charge in [-0.25, -0.2) is 8.78 Å². The van der Waals surface area contributed by atoms with Gasteiger partial charge in [0.1, 0.15) is 11.9 Å². The lowest BCUT2D eigenvalue weighted by Gasteiger charge is -2.34. The number of alkyl halides is 1. The Balaban J connectivity index is 1.34. The van der Waals surface area contributed by atoms with Crippen LogP contribution in [0.2, 0.25) is 0 Å². The predicted molar refractivity (Wildman–Crippen MR) is 105 cm³/mol. The topological polar surface area (TPSA) is 79.9 Å². The fourth-order valence-corrected chi connectivity index (χ4v) is 3.20. The normalized spacial score (nSPS) is 14.6. The molecule has 2 heterocycles. The Bertz CT molecular complexity index is 1110. The van der Waals surface area contributed by atoms with Crippen molar-refractivity contribution >= 4 is 11.7 Å². The Morgan fingerprint density at radius 1 is 1.20 bits per heavy atom. The molecule has 0 saturated carbocycles. The molecule has 30 heavy (non-hydrogen) atoms. The molecule has 1 fully saturated rings. The van der Waals surface area contributed by atoms with Gasteiger partial charge in [-0.2, -0.15) is 10.4 Å². The van der Waals surface area contributed by atoms with Crippen LogP contribution in [-0.4, -0.2) is 28.9 Å². The zero-order valence-electron chi connectivity index (χ0n) is 15.9. The number of anilines is 1. The van der Waals surface area contributed by atoms with E-state index in [0.717, 1.165) is 11.1 Å². The van der Waals surface area contributed by atoms with Crippen LogP contribution in [0.3, 0.4) is 0 Å². The molecule has 1 aliphatic rings. The molecule has 1 aromatic heterocycles. The van der Waals surface area contributed by atoms with Crippen LogP contribution >= 0.6 is 0 Å². The zero-order chi connectivity index (χ0) is 21.1. The average molecular weight is 408 g/mol. The minimum absolute atomic E-state index is 0.0253. The molecule has 0 spiro atoms. The number of nitrogens with one attached hydrogen (secondary N) is 1. The minimum atomic E-state index is -1.42. The van der Waals surface area contributed by atoms with E-state index in [9.17, 15) is 13.6 Å². The van der Waals surface area contributed by atoms with E-state index in [0.29, 0.717) is 17.9 Å². The predicted octanol–water partition coefficient (Wildman–Crippen LogP) is 3.32. The second-order valence-electron chi connectivity index (χ2n) is 7.20. The first kappa shape index (κ1) is 19.7. The first-order chi connectivity index (χ1) is 14.4. The van der Waals surface area contributed by atoms with Gasteiger partial charge < -0.3 is 10.1 Å². The summed E-state index contributed by atoms with van der Waals surface area (Å²) in [4.78, 5) is 12.3. The summed E-state index contributed by atoms with van der Waals surface area (Å²) in [5.41, 5.74) is 0.581. The molecule has 0 radical (unpaired) electrons. The van der Waals surface area contributed by atoms with Crippen LogP contribution in [-0.2, 0) is 28.2 Å². The van der Waals surface area contributed by atoms with Gasteiger partial charge >= 0.3 is 0 Å². The van der Waals surface area contributed by atoms with E-state index >= 15 is 0 Å². The van der Waals surface area contributed by atoms with E-state index in [1.807, 2.05) is 0 Å². The van der Waals surface area contributed by atoms with Crippen LogP contribution in [0.15, 0.2) is 54.7 Å². The van der Waals surface area contributed by atoms with Gasteiger partial charge in [0.2, 0.25) is 5.91 Å². The second kappa shape index (κ2) is 8.05. The van der Waals surface area contributed by atoms with Crippen molar-refractivity contribution in [3.8, 4) is 6.07 Å². The quantitative estimate of drug-likeness (QED) is 0.679. The first-order valence-corrected chi connectivity index (χ1v) is 9.33. The van der Waals surface area contributed by atoms with E-state index in [4.69, 9.17) is 10.00 Å². The number of hydrogen-bond acceptors (Lipinski definition) is 4. The first-order valence-electron chi connectivity index (χ1n) is 9.33. The van der Waals surface area contributed by atoms with E-state index in [1.54, 1.807) is 53.3 Å². The number of benzene rings is 2. The largest absolute Gasteiger partial charge is 0.374 e. The third-order valence-corrected chi connectivity index (χ3v) is 4.90. The number of nitriles is 1. The Labute approximate surface area is 171 Å². The lowest BCUT2D eigenvalue weighted by molar-refractivity contribution is -0.135. The van der Waals surface area contributed by atoms with Gasteiger partial charge in [0, 0.05) is 12.3 Å². The van der Waals surface area contributed by atoms with Crippen LogP contribution in [0.1, 0.15) is 22.3 Å². The second-order valence-corrected chi connectivity index (χ2v) is 7.20. The molecule has 0 bridgehead atoms. The maximum Gasteiger partial charge on any atom is 0.229 e. The summed E-state index contributed by atoms with van der Waals surface area (Å²) in [7, 11) is 0. The number of amides is 1. The molecule has 6 nitrogen and oxygen atoms in total. The van der Waals surface area contributed by atoms with Crippen LogP contribution < -0.4 is 5.32 Å². The third kappa shape index (κ3) is 4.21. The highest BCUT2D eigenvalue weighted by atomic mass is 19.1. The summed E-state index contributed by atoms with van der Waals surface area (Å²) in [5.74, 6) is -0.428. The molecule has 0 atom stereocenters. The smallest absolute Gasteiger partial charge is 0.229 e. The van der Waals surface area contributed by atoms with Gasteiger partial charge in [-0.1, -0.05) is 30.3 Å². The third-order valence-electron chi connectivity index (χ3n) is 4.90. The SMILES string of the molecule is N#Cc1cc(Cn2ccc(NC(=O)Cc3ccc(C4(F)COC4)cc3)n2)ccc1F. The maximum absolute atomic E-state index is 14.3. The van der Waals surface area contributed by atoms with Crippen LogP contribution in [0.5, 0.6) is 0 Å². The number of hydrogen-bond donors (Lipinski definition) is 1. The maximum atomic E-state index is 14.3. The van der Waals surface area contributed by atoms with Crippen molar-refractivity contribution in [2.24, 2.45) is 0 Å². The summed E-state index contributed by atoms with van der Waals surface area (Å²) in [6.07, 6.45) is 1.81. The van der Waals surface area contributed by atoms with E-state index in [2.05, 4.69) is 10.4 Å². The van der Waals surface area contributed by atoms with Gasteiger partial charge in [0.15, 0.2) is 11.5 Å². The summed E-state index contributed by atoms with van der Waals surface area (Å²) in [6, 6.07) is 14.6. The van der Waals surface area contributed by atoms with Crippen LogP contribution in [0.25, 0.3) is 0 Å². The molecule has 4 rings (SSSR count). The monoisotopic (exact) mass is 408 g/mol. The fraction of sp³-hybridized carbons (Fsp3) is 0.227. The molecule has 1 aliphatic heterocycles. The van der Waals surface area contributed by atoms with Gasteiger partial charge in [-0.3, -0.25) is 9.48 Å². The Hall–Kier alpha value is -3.57. The molecule has 3 aromatic rings. The molecule has 2 aromatic carbocycles. The number of halogens is 2. The molecule has 0 aliphatic carbocycles. The average Bonchev–Trinajstić information content (AvgIpc) is 3.14. The number of nitrogens with zero attached hydrogens (tertiary/aromatic N) is 3. The van der Waals surface area contributed by atoms with Gasteiger partial charge in [-0.05, 0) is 28.8 Å². The van der Waals surface area contributed by atoms with E-state index in [-0.39, 0.29) is 31.1 Å². The number of aromatic nitrogens is 2. The number of ether oxygens (including phenoxy) is 1. The van der Waals surface area contributed by atoms with Gasteiger partial charge in [-0.15, -0.1) is 0 Å².